The zero-order valence-electron chi connectivity index (χ0n) is 12.2. The number of anilines is 1. The Morgan fingerprint density at radius 1 is 1.48 bits per heavy atom. The molecule has 0 spiro atoms. The molecule has 1 amide bonds. The van der Waals surface area contributed by atoms with E-state index in [0.717, 1.165) is 6.42 Å². The maximum atomic E-state index is 12.3. The highest BCUT2D eigenvalue weighted by molar-refractivity contribution is 5.81. The minimum Gasteiger partial charge on any atom is -0.481 e. The van der Waals surface area contributed by atoms with Crippen LogP contribution in [0.2, 0.25) is 0 Å². The third kappa shape index (κ3) is 3.32. The average molecular weight is 291 g/mol. The van der Waals surface area contributed by atoms with Crippen molar-refractivity contribution in [2.24, 2.45) is 5.41 Å². The second-order valence-electron chi connectivity index (χ2n) is 5.62. The lowest BCUT2D eigenvalue weighted by molar-refractivity contribution is -0.155. The molecule has 6 nitrogen and oxygen atoms in total. The molecule has 1 unspecified atom stereocenters. The molecule has 1 aliphatic rings. The first kappa shape index (κ1) is 15.3. The van der Waals surface area contributed by atoms with E-state index in [-0.39, 0.29) is 18.9 Å². The van der Waals surface area contributed by atoms with E-state index in [1.807, 2.05) is 6.92 Å². The van der Waals surface area contributed by atoms with Crippen LogP contribution in [0.1, 0.15) is 31.9 Å². The second-order valence-corrected chi connectivity index (χ2v) is 5.62. The lowest BCUT2D eigenvalue weighted by atomic mass is 9.77. The van der Waals surface area contributed by atoms with Gasteiger partial charge in [-0.3, -0.25) is 14.6 Å². The molecule has 2 rings (SSSR count). The Bertz CT molecular complexity index is 529. The fourth-order valence-electron chi connectivity index (χ4n) is 2.77. The van der Waals surface area contributed by atoms with Crippen molar-refractivity contribution >= 4 is 17.6 Å². The average Bonchev–Trinajstić information content (AvgIpc) is 2.49. The predicted octanol–water partition coefficient (Wildman–Crippen LogP) is 1.31. The van der Waals surface area contributed by atoms with Crippen molar-refractivity contribution in [1.29, 1.82) is 0 Å². The maximum absolute atomic E-state index is 12.3. The Morgan fingerprint density at radius 3 is 2.81 bits per heavy atom. The number of likely N-dealkylation sites (tertiary alicyclic amines) is 1. The van der Waals surface area contributed by atoms with Crippen LogP contribution in [0.25, 0.3) is 0 Å². The molecule has 1 aromatic rings. The first-order valence-electron chi connectivity index (χ1n) is 7.18. The van der Waals surface area contributed by atoms with E-state index in [9.17, 15) is 14.7 Å². The number of carboxylic acid groups (broad SMARTS) is 1. The number of aromatic nitrogens is 1. The Kier molecular flexibility index (Phi) is 4.45. The number of amides is 1. The van der Waals surface area contributed by atoms with Gasteiger partial charge in [0.2, 0.25) is 5.91 Å². The van der Waals surface area contributed by atoms with Crippen LogP contribution in [-0.2, 0) is 16.0 Å². The van der Waals surface area contributed by atoms with Gasteiger partial charge in [0.1, 0.15) is 0 Å². The maximum Gasteiger partial charge on any atom is 0.311 e. The van der Waals surface area contributed by atoms with Gasteiger partial charge in [-0.15, -0.1) is 0 Å². The fourth-order valence-corrected chi connectivity index (χ4v) is 2.77. The quantitative estimate of drug-likeness (QED) is 0.871. The minimum atomic E-state index is -0.812. The van der Waals surface area contributed by atoms with Crippen molar-refractivity contribution in [3.05, 3.63) is 24.0 Å². The zero-order chi connectivity index (χ0) is 15.5. The monoisotopic (exact) mass is 291 g/mol. The van der Waals surface area contributed by atoms with Crippen LogP contribution in [0.4, 0.5) is 5.69 Å². The summed E-state index contributed by atoms with van der Waals surface area (Å²) in [6.45, 7) is 2.76. The molecule has 1 aromatic heterocycles. The van der Waals surface area contributed by atoms with E-state index in [1.165, 1.54) is 6.20 Å². The molecular weight excluding hydrogens is 270 g/mol. The van der Waals surface area contributed by atoms with Gasteiger partial charge in [-0.1, -0.05) is 6.92 Å². The van der Waals surface area contributed by atoms with Crippen molar-refractivity contribution in [2.45, 2.75) is 32.6 Å². The molecule has 1 atom stereocenters. The number of nitrogen functional groups attached to an aromatic ring is 1. The number of aliphatic carboxylic acids is 1. The van der Waals surface area contributed by atoms with Gasteiger partial charge in [0.25, 0.3) is 0 Å². The molecular formula is C15H21N3O3. The lowest BCUT2D eigenvalue weighted by Crippen LogP contribution is -2.50. The number of hydrogen-bond donors (Lipinski definition) is 2. The summed E-state index contributed by atoms with van der Waals surface area (Å²) in [6, 6.07) is 3.43. The lowest BCUT2D eigenvalue weighted by Gasteiger charge is -2.39. The second kappa shape index (κ2) is 6.11. The van der Waals surface area contributed by atoms with Crippen molar-refractivity contribution in [2.75, 3.05) is 18.8 Å². The van der Waals surface area contributed by atoms with Crippen LogP contribution < -0.4 is 5.73 Å². The van der Waals surface area contributed by atoms with E-state index < -0.39 is 11.4 Å². The summed E-state index contributed by atoms with van der Waals surface area (Å²) in [5.41, 5.74) is 5.97. The van der Waals surface area contributed by atoms with Crippen LogP contribution in [0, 0.1) is 5.41 Å². The molecule has 0 aromatic carbocycles. The Hall–Kier alpha value is -2.11. The molecule has 1 saturated heterocycles. The van der Waals surface area contributed by atoms with Crippen molar-refractivity contribution in [3.63, 3.8) is 0 Å². The highest BCUT2D eigenvalue weighted by atomic mass is 16.4. The molecule has 0 aliphatic carbocycles. The van der Waals surface area contributed by atoms with Gasteiger partial charge < -0.3 is 15.7 Å². The SMILES string of the molecule is CCC1(C(=O)O)CCCN(C(=O)Cc2ccc(N)cn2)C1. The summed E-state index contributed by atoms with van der Waals surface area (Å²) >= 11 is 0. The Morgan fingerprint density at radius 2 is 2.24 bits per heavy atom. The molecule has 21 heavy (non-hydrogen) atoms. The fraction of sp³-hybridized carbons (Fsp3) is 0.533. The van der Waals surface area contributed by atoms with E-state index in [4.69, 9.17) is 5.73 Å². The molecule has 114 valence electrons. The number of carbonyl (C=O) groups excluding carboxylic acids is 1. The highest BCUT2D eigenvalue weighted by Gasteiger charge is 2.41. The largest absolute Gasteiger partial charge is 0.481 e. The minimum absolute atomic E-state index is 0.0777. The molecule has 1 fully saturated rings. The van der Waals surface area contributed by atoms with E-state index >= 15 is 0 Å². The van der Waals surface area contributed by atoms with Crippen LogP contribution >= 0.6 is 0 Å². The number of piperidine rings is 1. The summed E-state index contributed by atoms with van der Waals surface area (Å²) in [7, 11) is 0. The summed E-state index contributed by atoms with van der Waals surface area (Å²) in [4.78, 5) is 29.6. The smallest absolute Gasteiger partial charge is 0.311 e. The van der Waals surface area contributed by atoms with Gasteiger partial charge in [0, 0.05) is 18.8 Å². The number of pyridine rings is 1. The van der Waals surface area contributed by atoms with Crippen molar-refractivity contribution in [1.82, 2.24) is 9.88 Å². The molecule has 0 radical (unpaired) electrons. The molecule has 0 bridgehead atoms. The molecule has 6 heteroatoms. The molecule has 3 N–H and O–H groups in total. The van der Waals surface area contributed by atoms with Crippen molar-refractivity contribution < 1.29 is 14.7 Å². The topological polar surface area (TPSA) is 96.5 Å². The number of hydrogen-bond acceptors (Lipinski definition) is 4. The summed E-state index contributed by atoms with van der Waals surface area (Å²) in [6.07, 6.45) is 3.59. The number of rotatable bonds is 4. The third-order valence-electron chi connectivity index (χ3n) is 4.24. The van der Waals surface area contributed by atoms with Gasteiger partial charge in [0.05, 0.1) is 23.7 Å². The summed E-state index contributed by atoms with van der Waals surface area (Å²) in [5, 5.41) is 9.44. The zero-order valence-corrected chi connectivity index (χ0v) is 12.2. The van der Waals surface area contributed by atoms with Crippen LogP contribution in [0.15, 0.2) is 18.3 Å². The van der Waals surface area contributed by atoms with Crippen LogP contribution in [-0.4, -0.2) is 40.0 Å². The number of nitrogens with two attached hydrogens (primary N) is 1. The summed E-state index contributed by atoms with van der Waals surface area (Å²) < 4.78 is 0. The first-order valence-corrected chi connectivity index (χ1v) is 7.18. The molecule has 0 saturated carbocycles. The van der Waals surface area contributed by atoms with Gasteiger partial charge in [-0.05, 0) is 31.4 Å². The van der Waals surface area contributed by atoms with Gasteiger partial charge in [0.15, 0.2) is 0 Å². The van der Waals surface area contributed by atoms with E-state index in [0.29, 0.717) is 30.8 Å². The van der Waals surface area contributed by atoms with Crippen LogP contribution in [0.3, 0.4) is 0 Å². The third-order valence-corrected chi connectivity index (χ3v) is 4.24. The number of carboxylic acids is 1. The predicted molar refractivity (Wildman–Crippen MR) is 78.5 cm³/mol. The first-order chi connectivity index (χ1) is 9.97. The van der Waals surface area contributed by atoms with Gasteiger partial charge in [-0.25, -0.2) is 0 Å². The van der Waals surface area contributed by atoms with Gasteiger partial charge in [-0.2, -0.15) is 0 Å². The van der Waals surface area contributed by atoms with Gasteiger partial charge >= 0.3 is 5.97 Å². The standard InChI is InChI=1S/C15H21N3O3/c1-2-15(14(20)21)6-3-7-18(10-15)13(19)8-12-5-4-11(16)9-17-12/h4-5,9H,2-3,6-8,10,16H2,1H3,(H,20,21). The normalized spacial score (nSPS) is 22.0. The Balaban J connectivity index is 2.05. The van der Waals surface area contributed by atoms with E-state index in [2.05, 4.69) is 4.98 Å². The number of carbonyl (C=O) groups is 2. The van der Waals surface area contributed by atoms with Crippen molar-refractivity contribution in [3.8, 4) is 0 Å². The molecule has 1 aliphatic heterocycles. The number of nitrogens with zero attached hydrogens (tertiary/aromatic N) is 2. The highest BCUT2D eigenvalue weighted by Crippen LogP contribution is 2.33. The molecule has 2 heterocycles. The summed E-state index contributed by atoms with van der Waals surface area (Å²) in [5.74, 6) is -0.890. The van der Waals surface area contributed by atoms with E-state index in [1.54, 1.807) is 17.0 Å². The van der Waals surface area contributed by atoms with Crippen LogP contribution in [0.5, 0.6) is 0 Å². The Labute approximate surface area is 124 Å².